The van der Waals surface area contributed by atoms with Crippen LogP contribution in [0.4, 0.5) is 5.69 Å². The van der Waals surface area contributed by atoms with Crippen LogP contribution < -0.4 is 10.2 Å². The van der Waals surface area contributed by atoms with Crippen molar-refractivity contribution in [3.05, 3.63) is 104 Å². The number of aliphatic hydroxyl groups is 1. The highest BCUT2D eigenvalue weighted by atomic mass is 35.5. The van der Waals surface area contributed by atoms with E-state index < -0.39 is 17.6 Å². The zero-order valence-electron chi connectivity index (χ0n) is 21.9. The molecule has 2 N–H and O–H groups in total. The summed E-state index contributed by atoms with van der Waals surface area (Å²) >= 11 is 12.8. The Hall–Kier alpha value is -3.79. The van der Waals surface area contributed by atoms with Gasteiger partial charge in [-0.15, -0.1) is 0 Å². The Morgan fingerprint density at radius 3 is 2.62 bits per heavy atom. The summed E-state index contributed by atoms with van der Waals surface area (Å²) < 4.78 is 12.1. The van der Waals surface area contributed by atoms with E-state index in [2.05, 4.69) is 15.5 Å². The Kier molecular flexibility index (Phi) is 9.52. The van der Waals surface area contributed by atoms with E-state index in [1.807, 2.05) is 0 Å². The van der Waals surface area contributed by atoms with Gasteiger partial charge in [0, 0.05) is 65.3 Å². The van der Waals surface area contributed by atoms with E-state index in [9.17, 15) is 4.79 Å². The van der Waals surface area contributed by atoms with Crippen molar-refractivity contribution in [1.82, 2.24) is 10.4 Å². The number of hydrogen-bond acceptors (Lipinski definition) is 7. The third-order valence-corrected chi connectivity index (χ3v) is 6.77. The Labute approximate surface area is 241 Å². The number of azide groups is 1. The molecule has 0 unspecified atom stereocenters. The standard InChI is InChI=1S/C28H28Cl2N6O4/c1-36(2)34-27(38)28(17-19-6-3-4-7-24(19)33-35-31)25(22-13-10-20(29)16-23(22)30)40-26(32-28)18-8-11-21(12-9-18)39-15-5-14-37/h3-4,6-13,16,25,37H,5,14-15,17H2,1-2H3,(H,34,38)/t25-,28-/m0/s1. The Morgan fingerprint density at radius 1 is 1.20 bits per heavy atom. The number of benzene rings is 3. The smallest absolute Gasteiger partial charge is 0.266 e. The van der Waals surface area contributed by atoms with Gasteiger partial charge in [-0.1, -0.05) is 58.6 Å². The van der Waals surface area contributed by atoms with Crippen molar-refractivity contribution in [1.29, 1.82) is 0 Å². The average molecular weight is 583 g/mol. The van der Waals surface area contributed by atoms with Crippen LogP contribution in [0, 0.1) is 0 Å². The van der Waals surface area contributed by atoms with Gasteiger partial charge < -0.3 is 14.6 Å². The first kappa shape index (κ1) is 29.2. The lowest BCUT2D eigenvalue weighted by Crippen LogP contribution is -2.53. The van der Waals surface area contributed by atoms with Gasteiger partial charge in [0.1, 0.15) is 5.75 Å². The maximum Gasteiger partial charge on any atom is 0.266 e. The monoisotopic (exact) mass is 582 g/mol. The van der Waals surface area contributed by atoms with Crippen molar-refractivity contribution in [2.24, 2.45) is 10.1 Å². The number of aliphatic hydroxyl groups excluding tert-OH is 1. The average Bonchev–Trinajstić information content (AvgIpc) is 3.30. The van der Waals surface area contributed by atoms with Crippen LogP contribution in [0.1, 0.15) is 29.2 Å². The maximum absolute atomic E-state index is 14.0. The van der Waals surface area contributed by atoms with Gasteiger partial charge in [0.15, 0.2) is 11.6 Å². The van der Waals surface area contributed by atoms with E-state index in [1.165, 1.54) is 5.01 Å². The molecule has 0 saturated heterocycles. The number of aliphatic imine (C=N–C) groups is 1. The van der Waals surface area contributed by atoms with E-state index in [0.29, 0.717) is 51.2 Å². The molecule has 1 aliphatic rings. The van der Waals surface area contributed by atoms with Crippen LogP contribution in [0.25, 0.3) is 10.4 Å². The van der Waals surface area contributed by atoms with Gasteiger partial charge in [0.05, 0.1) is 6.61 Å². The van der Waals surface area contributed by atoms with Crippen molar-refractivity contribution < 1.29 is 19.4 Å². The number of nitrogens with zero attached hydrogens (tertiary/aromatic N) is 5. The SMILES string of the molecule is CN(C)NC(=O)[C@@]1(Cc2ccccc2N=[N+]=[N-])N=C(c2ccc(OCCCO)cc2)O[C@H]1c1ccc(Cl)cc1Cl. The lowest BCUT2D eigenvalue weighted by atomic mass is 9.81. The lowest BCUT2D eigenvalue weighted by Gasteiger charge is -2.32. The zero-order valence-corrected chi connectivity index (χ0v) is 23.4. The summed E-state index contributed by atoms with van der Waals surface area (Å²) in [5.74, 6) is 0.407. The highest BCUT2D eigenvalue weighted by Crippen LogP contribution is 2.46. The third kappa shape index (κ3) is 6.50. The summed E-state index contributed by atoms with van der Waals surface area (Å²) in [6, 6.07) is 19.0. The predicted molar refractivity (Wildman–Crippen MR) is 154 cm³/mol. The summed E-state index contributed by atoms with van der Waals surface area (Å²) in [5, 5.41) is 15.1. The molecule has 3 aromatic rings. The van der Waals surface area contributed by atoms with Crippen LogP contribution in [0.2, 0.25) is 10.0 Å². The molecule has 2 atom stereocenters. The molecule has 0 radical (unpaired) electrons. The van der Waals surface area contributed by atoms with E-state index in [0.717, 1.165) is 0 Å². The highest BCUT2D eigenvalue weighted by Gasteiger charge is 2.54. The zero-order chi connectivity index (χ0) is 28.7. The molecule has 10 nitrogen and oxygen atoms in total. The van der Waals surface area contributed by atoms with Crippen LogP contribution in [0.5, 0.6) is 5.75 Å². The van der Waals surface area contributed by atoms with Crippen LogP contribution >= 0.6 is 23.2 Å². The van der Waals surface area contributed by atoms with Gasteiger partial charge >= 0.3 is 0 Å². The first-order chi connectivity index (χ1) is 19.3. The van der Waals surface area contributed by atoms with Gasteiger partial charge in [-0.2, -0.15) is 0 Å². The Bertz CT molecular complexity index is 1440. The molecule has 1 amide bonds. The largest absolute Gasteiger partial charge is 0.494 e. The fourth-order valence-corrected chi connectivity index (χ4v) is 4.88. The molecular weight excluding hydrogens is 555 g/mol. The normalized spacial score (nSPS) is 18.1. The van der Waals surface area contributed by atoms with Crippen LogP contribution in [0.3, 0.4) is 0 Å². The Morgan fingerprint density at radius 2 is 1.95 bits per heavy atom. The first-order valence-electron chi connectivity index (χ1n) is 12.4. The van der Waals surface area contributed by atoms with Gasteiger partial charge in [0.25, 0.3) is 5.91 Å². The molecule has 12 heteroatoms. The minimum atomic E-state index is -1.55. The number of ether oxygens (including phenoxy) is 2. The number of amides is 1. The second kappa shape index (κ2) is 13.0. The number of hydrogen-bond donors (Lipinski definition) is 2. The molecule has 0 bridgehead atoms. The summed E-state index contributed by atoms with van der Waals surface area (Å²) in [4.78, 5) is 21.9. The van der Waals surface area contributed by atoms with Crippen molar-refractivity contribution in [2.45, 2.75) is 24.5 Å². The van der Waals surface area contributed by atoms with E-state index in [-0.39, 0.29) is 18.9 Å². The molecule has 1 aliphatic heterocycles. The first-order valence-corrected chi connectivity index (χ1v) is 13.2. The minimum absolute atomic E-state index is 0.0390. The summed E-state index contributed by atoms with van der Waals surface area (Å²) in [5.41, 5.74) is 12.5. The molecule has 40 heavy (non-hydrogen) atoms. The minimum Gasteiger partial charge on any atom is -0.494 e. The number of rotatable bonds is 11. The lowest BCUT2D eigenvalue weighted by molar-refractivity contribution is -0.132. The van der Waals surface area contributed by atoms with E-state index in [1.54, 1.807) is 80.8 Å². The van der Waals surface area contributed by atoms with Gasteiger partial charge in [-0.3, -0.25) is 10.2 Å². The number of hydrazine groups is 1. The second-order valence-electron chi connectivity index (χ2n) is 9.29. The molecule has 0 aromatic heterocycles. The molecule has 208 valence electrons. The number of halogens is 2. The number of carbonyl (C=O) groups excluding carboxylic acids is 1. The van der Waals surface area contributed by atoms with Crippen LogP contribution in [-0.4, -0.2) is 54.8 Å². The number of nitrogens with one attached hydrogen (secondary N) is 1. The van der Waals surface area contributed by atoms with E-state index >= 15 is 0 Å². The van der Waals surface area contributed by atoms with Crippen LogP contribution in [0.15, 0.2) is 76.8 Å². The molecule has 3 aromatic carbocycles. The van der Waals surface area contributed by atoms with Crippen molar-refractivity contribution in [3.8, 4) is 5.75 Å². The van der Waals surface area contributed by atoms with Crippen LogP contribution in [-0.2, 0) is 16.0 Å². The molecular formula is C28H28Cl2N6O4. The maximum atomic E-state index is 14.0. The predicted octanol–water partition coefficient (Wildman–Crippen LogP) is 5.79. The van der Waals surface area contributed by atoms with Crippen molar-refractivity contribution in [2.75, 3.05) is 27.3 Å². The summed E-state index contributed by atoms with van der Waals surface area (Å²) in [6.07, 6.45) is -0.397. The fraction of sp³-hybridized carbons (Fsp3) is 0.286. The molecule has 0 fully saturated rings. The fourth-order valence-electron chi connectivity index (χ4n) is 4.37. The van der Waals surface area contributed by atoms with Gasteiger partial charge in [0.2, 0.25) is 5.90 Å². The quantitative estimate of drug-likeness (QED) is 0.0970. The molecule has 1 heterocycles. The summed E-state index contributed by atoms with van der Waals surface area (Å²) in [7, 11) is 3.39. The highest BCUT2D eigenvalue weighted by molar-refractivity contribution is 6.35. The van der Waals surface area contributed by atoms with Gasteiger partial charge in [-0.05, 0) is 47.5 Å². The molecule has 0 saturated carbocycles. The van der Waals surface area contributed by atoms with E-state index in [4.69, 9.17) is 48.3 Å². The molecule has 0 spiro atoms. The molecule has 0 aliphatic carbocycles. The number of carbonyl (C=O) groups is 1. The third-order valence-electron chi connectivity index (χ3n) is 6.20. The van der Waals surface area contributed by atoms with Crippen molar-refractivity contribution >= 4 is 40.7 Å². The topological polar surface area (TPSA) is 132 Å². The Balaban J connectivity index is 1.86. The molecule has 4 rings (SSSR count). The van der Waals surface area contributed by atoms with Crippen molar-refractivity contribution in [3.63, 3.8) is 0 Å². The van der Waals surface area contributed by atoms with Gasteiger partial charge in [-0.25, -0.2) is 10.0 Å². The second-order valence-corrected chi connectivity index (χ2v) is 10.1. The summed E-state index contributed by atoms with van der Waals surface area (Å²) in [6.45, 7) is 0.417.